The summed E-state index contributed by atoms with van der Waals surface area (Å²) in [5.74, 6) is -0.228. The lowest BCUT2D eigenvalue weighted by Gasteiger charge is -2.38. The summed E-state index contributed by atoms with van der Waals surface area (Å²) in [6.07, 6.45) is 14.5. The third-order valence-corrected chi connectivity index (χ3v) is 8.23. The fourth-order valence-electron chi connectivity index (χ4n) is 4.10. The standard InChI is InChI=1S/C29H39FN2S2/c1-9-20-13-14-21(30)17-22(20)24-19-31-25(26(27(2,3)4)32-34-28(5,6)7)23(33-24)18-29(8)15-11-10-12-16-29/h9-15,17,19,24,26,32H,1,16,18H2,2-8H3. The van der Waals surface area contributed by atoms with Crippen LogP contribution in [0.2, 0.25) is 0 Å². The summed E-state index contributed by atoms with van der Waals surface area (Å²) in [7, 11) is 0. The minimum Gasteiger partial charge on any atom is -0.262 e. The Morgan fingerprint density at radius 2 is 2.00 bits per heavy atom. The van der Waals surface area contributed by atoms with Crippen LogP contribution in [0.1, 0.15) is 77.7 Å². The van der Waals surface area contributed by atoms with E-state index in [4.69, 9.17) is 4.99 Å². The minimum atomic E-state index is -0.228. The number of aliphatic imine (C=N–C) groups is 1. The van der Waals surface area contributed by atoms with Gasteiger partial charge in [0.1, 0.15) is 5.82 Å². The maximum Gasteiger partial charge on any atom is 0.123 e. The van der Waals surface area contributed by atoms with E-state index in [9.17, 15) is 4.39 Å². The number of hydrogen-bond acceptors (Lipinski definition) is 4. The first-order valence-electron chi connectivity index (χ1n) is 11.9. The van der Waals surface area contributed by atoms with E-state index in [1.54, 1.807) is 30.2 Å². The van der Waals surface area contributed by atoms with Crippen LogP contribution < -0.4 is 4.72 Å². The lowest BCUT2D eigenvalue weighted by atomic mass is 9.79. The first kappa shape index (κ1) is 27.0. The molecule has 0 bridgehead atoms. The molecule has 1 N–H and O–H groups in total. The molecule has 184 valence electrons. The molecule has 0 spiro atoms. The molecule has 2 nitrogen and oxygen atoms in total. The lowest BCUT2D eigenvalue weighted by Crippen LogP contribution is -2.41. The molecule has 5 heteroatoms. The van der Waals surface area contributed by atoms with Crippen molar-refractivity contribution in [2.75, 3.05) is 0 Å². The summed E-state index contributed by atoms with van der Waals surface area (Å²) in [6, 6.07) is 5.01. The highest BCUT2D eigenvalue weighted by atomic mass is 32.2. The lowest BCUT2D eigenvalue weighted by molar-refractivity contribution is 0.333. The van der Waals surface area contributed by atoms with E-state index >= 15 is 0 Å². The number of rotatable bonds is 7. The van der Waals surface area contributed by atoms with E-state index < -0.39 is 0 Å². The Bertz CT molecular complexity index is 1020. The fraction of sp³-hybridized carbons (Fsp3) is 0.483. The van der Waals surface area contributed by atoms with Crippen LogP contribution in [0.25, 0.3) is 6.08 Å². The summed E-state index contributed by atoms with van der Waals surface area (Å²) in [4.78, 5) is 6.37. The molecule has 3 atom stereocenters. The highest BCUT2D eigenvalue weighted by Crippen LogP contribution is 2.49. The predicted molar refractivity (Wildman–Crippen MR) is 152 cm³/mol. The molecular formula is C29H39FN2S2. The van der Waals surface area contributed by atoms with Crippen LogP contribution in [-0.2, 0) is 0 Å². The second-order valence-corrected chi connectivity index (χ2v) is 14.5. The molecule has 3 unspecified atom stereocenters. The second-order valence-electron chi connectivity index (χ2n) is 11.6. The van der Waals surface area contributed by atoms with Gasteiger partial charge in [0, 0.05) is 15.9 Å². The van der Waals surface area contributed by atoms with Gasteiger partial charge in [-0.25, -0.2) is 4.39 Å². The number of hydrogen-bond donors (Lipinski definition) is 1. The molecule has 1 aromatic carbocycles. The number of nitrogens with zero attached hydrogens (tertiary/aromatic N) is 1. The number of allylic oxidation sites excluding steroid dienone is 5. The summed E-state index contributed by atoms with van der Waals surface area (Å²) in [6.45, 7) is 19.7. The third kappa shape index (κ3) is 6.99. The van der Waals surface area contributed by atoms with E-state index in [2.05, 4.69) is 84.1 Å². The Balaban J connectivity index is 2.04. The van der Waals surface area contributed by atoms with Crippen LogP contribution in [0, 0.1) is 16.6 Å². The molecule has 1 aliphatic carbocycles. The van der Waals surface area contributed by atoms with Gasteiger partial charge in [-0.15, -0.1) is 11.8 Å². The van der Waals surface area contributed by atoms with E-state index in [-0.39, 0.29) is 32.7 Å². The zero-order chi connectivity index (χ0) is 25.1. The van der Waals surface area contributed by atoms with E-state index in [1.807, 2.05) is 18.0 Å². The summed E-state index contributed by atoms with van der Waals surface area (Å²) >= 11 is 3.57. The van der Waals surface area contributed by atoms with Crippen LogP contribution in [0.15, 0.2) is 64.7 Å². The topological polar surface area (TPSA) is 24.4 Å². The van der Waals surface area contributed by atoms with Crippen LogP contribution in [0.3, 0.4) is 0 Å². The molecule has 0 saturated heterocycles. The molecule has 1 aromatic rings. The molecule has 34 heavy (non-hydrogen) atoms. The highest BCUT2D eigenvalue weighted by molar-refractivity contribution is 8.04. The van der Waals surface area contributed by atoms with Crippen LogP contribution >= 0.6 is 23.7 Å². The van der Waals surface area contributed by atoms with Crippen molar-refractivity contribution in [3.8, 4) is 0 Å². The monoisotopic (exact) mass is 498 g/mol. The maximum atomic E-state index is 14.2. The number of halogens is 1. The van der Waals surface area contributed by atoms with Crippen molar-refractivity contribution >= 4 is 36.0 Å². The van der Waals surface area contributed by atoms with Gasteiger partial charge in [-0.1, -0.05) is 82.7 Å². The Kier molecular flexibility index (Phi) is 8.42. The van der Waals surface area contributed by atoms with Gasteiger partial charge in [0.25, 0.3) is 0 Å². The van der Waals surface area contributed by atoms with Gasteiger partial charge in [0.2, 0.25) is 0 Å². The minimum absolute atomic E-state index is 0.0298. The Labute approximate surface area is 214 Å². The molecule has 0 aromatic heterocycles. The zero-order valence-corrected chi connectivity index (χ0v) is 23.2. The van der Waals surface area contributed by atoms with Crippen molar-refractivity contribution in [3.63, 3.8) is 0 Å². The molecule has 0 amide bonds. The van der Waals surface area contributed by atoms with Crippen molar-refractivity contribution in [2.24, 2.45) is 15.8 Å². The number of benzene rings is 1. The Morgan fingerprint density at radius 3 is 2.59 bits per heavy atom. The van der Waals surface area contributed by atoms with Gasteiger partial charge in [-0.05, 0) is 67.7 Å². The first-order chi connectivity index (χ1) is 15.8. The van der Waals surface area contributed by atoms with Crippen molar-refractivity contribution in [2.45, 2.75) is 77.3 Å². The van der Waals surface area contributed by atoms with E-state index in [0.29, 0.717) is 0 Å². The average Bonchev–Trinajstić information content (AvgIpc) is 2.73. The summed E-state index contributed by atoms with van der Waals surface area (Å²) < 4.78 is 18.1. The summed E-state index contributed by atoms with van der Waals surface area (Å²) in [5.41, 5.74) is 2.98. The van der Waals surface area contributed by atoms with Gasteiger partial charge in [0.15, 0.2) is 0 Å². The molecular weight excluding hydrogens is 459 g/mol. The van der Waals surface area contributed by atoms with Crippen LogP contribution in [0.5, 0.6) is 0 Å². The zero-order valence-electron chi connectivity index (χ0n) is 21.6. The number of nitrogens with one attached hydrogen (secondary N) is 1. The molecule has 0 radical (unpaired) electrons. The summed E-state index contributed by atoms with van der Waals surface area (Å²) in [5, 5.41) is -0.0509. The van der Waals surface area contributed by atoms with Gasteiger partial charge in [-0.3, -0.25) is 9.71 Å². The van der Waals surface area contributed by atoms with Gasteiger partial charge in [-0.2, -0.15) is 0 Å². The SMILES string of the molecule is C=Cc1ccc(F)cc1C1C=NC(C(NSC(C)(C)C)C(C)(C)C)=C(CC2(C)C=CC=CC2)S1. The van der Waals surface area contributed by atoms with Crippen molar-refractivity contribution in [1.29, 1.82) is 0 Å². The quantitative estimate of drug-likeness (QED) is 0.380. The van der Waals surface area contributed by atoms with E-state index in [1.165, 1.54) is 11.0 Å². The molecule has 2 aliphatic rings. The molecule has 1 heterocycles. The molecule has 0 fully saturated rings. The van der Waals surface area contributed by atoms with Crippen molar-refractivity contribution < 1.29 is 4.39 Å². The predicted octanol–water partition coefficient (Wildman–Crippen LogP) is 8.90. The van der Waals surface area contributed by atoms with Crippen molar-refractivity contribution in [1.82, 2.24) is 4.72 Å². The third-order valence-electron chi connectivity index (χ3n) is 6.00. The average molecular weight is 499 g/mol. The molecule has 1 aliphatic heterocycles. The van der Waals surface area contributed by atoms with Gasteiger partial charge >= 0.3 is 0 Å². The smallest absolute Gasteiger partial charge is 0.123 e. The highest BCUT2D eigenvalue weighted by Gasteiger charge is 2.36. The Hall–Kier alpha value is -1.56. The second kappa shape index (κ2) is 10.6. The number of thioether (sulfide) groups is 1. The van der Waals surface area contributed by atoms with Gasteiger partial charge in [0.05, 0.1) is 17.0 Å². The van der Waals surface area contributed by atoms with E-state index in [0.717, 1.165) is 29.7 Å². The van der Waals surface area contributed by atoms with Crippen LogP contribution in [0.4, 0.5) is 4.39 Å². The first-order valence-corrected chi connectivity index (χ1v) is 13.6. The molecule has 0 saturated carbocycles. The van der Waals surface area contributed by atoms with Crippen LogP contribution in [-0.4, -0.2) is 17.0 Å². The maximum absolute atomic E-state index is 14.2. The van der Waals surface area contributed by atoms with Gasteiger partial charge < -0.3 is 0 Å². The normalized spacial score (nSPS) is 23.9. The van der Waals surface area contributed by atoms with Crippen molar-refractivity contribution in [3.05, 3.63) is 76.6 Å². The largest absolute Gasteiger partial charge is 0.262 e. The Morgan fingerprint density at radius 1 is 1.26 bits per heavy atom. The fourth-order valence-corrected chi connectivity index (χ4v) is 6.50. The molecule has 3 rings (SSSR count).